The summed E-state index contributed by atoms with van der Waals surface area (Å²) >= 11 is 0. The number of hydrogen-bond donors (Lipinski definition) is 0. The molecule has 0 N–H and O–H groups in total. The summed E-state index contributed by atoms with van der Waals surface area (Å²) in [5, 5.41) is 0. The van der Waals surface area contributed by atoms with Gasteiger partial charge in [-0.25, -0.2) is 31.9 Å². The smallest absolute Gasteiger partial charge is 0.342 e. The molecule has 0 fully saturated rings. The van der Waals surface area contributed by atoms with E-state index in [0.717, 1.165) is 10.6 Å². The van der Waals surface area contributed by atoms with Crippen LogP contribution in [0.3, 0.4) is 0 Å². The normalized spacial score (nSPS) is 11.6. The van der Waals surface area contributed by atoms with Gasteiger partial charge in [0.15, 0.2) is 0 Å². The van der Waals surface area contributed by atoms with E-state index in [-0.39, 0.29) is 29.7 Å². The Bertz CT molecular complexity index is 976. The molecule has 0 saturated carbocycles. The minimum atomic E-state index is -3.62. The molecule has 0 bridgehead atoms. The Hall–Kier alpha value is -2.55. The summed E-state index contributed by atoms with van der Waals surface area (Å²) in [6.07, 6.45) is 2.10. The van der Waals surface area contributed by atoms with Gasteiger partial charge < -0.3 is 4.74 Å². The van der Waals surface area contributed by atoms with Crippen molar-refractivity contribution >= 4 is 21.9 Å². The Morgan fingerprint density at radius 1 is 1.21 bits per heavy atom. The van der Waals surface area contributed by atoms with Crippen LogP contribution in [-0.4, -0.2) is 44.3 Å². The predicted octanol–water partition coefficient (Wildman–Crippen LogP) is 3.44. The van der Waals surface area contributed by atoms with Crippen LogP contribution in [0, 0.1) is 11.7 Å². The highest BCUT2D eigenvalue weighted by atomic mass is 32.2. The van der Waals surface area contributed by atoms with Crippen LogP contribution in [-0.2, 0) is 21.2 Å². The van der Waals surface area contributed by atoms with Gasteiger partial charge in [-0.3, -0.25) is 0 Å². The van der Waals surface area contributed by atoms with E-state index in [9.17, 15) is 17.6 Å². The Kier molecular flexibility index (Phi) is 7.29. The first-order valence-corrected chi connectivity index (χ1v) is 11.2. The number of hydrogen-bond acceptors (Lipinski definition) is 6. The van der Waals surface area contributed by atoms with Gasteiger partial charge in [0, 0.05) is 12.6 Å². The van der Waals surface area contributed by atoms with E-state index < -0.39 is 21.8 Å². The fourth-order valence-corrected chi connectivity index (χ4v) is 2.99. The van der Waals surface area contributed by atoms with Gasteiger partial charge in [0.25, 0.3) is 0 Å². The van der Waals surface area contributed by atoms with Gasteiger partial charge in [0.1, 0.15) is 11.4 Å². The summed E-state index contributed by atoms with van der Waals surface area (Å²) in [7, 11) is -2.28. The predicted molar refractivity (Wildman–Crippen MR) is 110 cm³/mol. The van der Waals surface area contributed by atoms with E-state index in [1.165, 1.54) is 31.3 Å². The Balaban J connectivity index is 2.79. The van der Waals surface area contributed by atoms with Crippen LogP contribution in [0.4, 0.5) is 10.3 Å². The first-order valence-electron chi connectivity index (χ1n) is 9.32. The van der Waals surface area contributed by atoms with E-state index in [2.05, 4.69) is 9.97 Å². The number of rotatable bonds is 8. The van der Waals surface area contributed by atoms with Crippen molar-refractivity contribution in [2.75, 3.05) is 24.2 Å². The van der Waals surface area contributed by atoms with E-state index >= 15 is 0 Å². The Morgan fingerprint density at radius 2 is 1.83 bits per heavy atom. The van der Waals surface area contributed by atoms with Gasteiger partial charge >= 0.3 is 5.97 Å². The third-order valence-corrected chi connectivity index (χ3v) is 5.27. The quantitative estimate of drug-likeness (QED) is 0.604. The van der Waals surface area contributed by atoms with Crippen molar-refractivity contribution in [2.24, 2.45) is 5.92 Å². The second kappa shape index (κ2) is 9.30. The van der Waals surface area contributed by atoms with Crippen molar-refractivity contribution in [1.29, 1.82) is 0 Å². The molecule has 1 heterocycles. The molecule has 2 rings (SSSR count). The molecule has 0 spiro atoms. The van der Waals surface area contributed by atoms with Crippen LogP contribution in [0.25, 0.3) is 11.3 Å². The van der Waals surface area contributed by atoms with Crippen molar-refractivity contribution in [3.63, 3.8) is 0 Å². The average molecular weight is 424 g/mol. The summed E-state index contributed by atoms with van der Waals surface area (Å²) in [5.41, 5.74) is 1.23. The van der Waals surface area contributed by atoms with Gasteiger partial charge in [-0.15, -0.1) is 0 Å². The van der Waals surface area contributed by atoms with Crippen LogP contribution in [0.1, 0.15) is 43.2 Å². The zero-order valence-corrected chi connectivity index (χ0v) is 18.1. The van der Waals surface area contributed by atoms with Gasteiger partial charge in [-0.05, 0) is 43.0 Å². The fraction of sp³-hybridized carbons (Fsp3) is 0.450. The topological polar surface area (TPSA) is 89.5 Å². The van der Waals surface area contributed by atoms with Crippen LogP contribution in [0.5, 0.6) is 0 Å². The largest absolute Gasteiger partial charge is 0.462 e. The molecule has 1 aromatic heterocycles. The minimum absolute atomic E-state index is 0.0606. The van der Waals surface area contributed by atoms with Gasteiger partial charge in [0.2, 0.25) is 16.0 Å². The van der Waals surface area contributed by atoms with Gasteiger partial charge in [-0.2, -0.15) is 0 Å². The van der Waals surface area contributed by atoms with E-state index in [1.807, 2.05) is 20.8 Å². The maximum absolute atomic E-state index is 13.4. The van der Waals surface area contributed by atoms with Crippen molar-refractivity contribution in [3.8, 4) is 11.3 Å². The Labute approximate surface area is 171 Å². The molecule has 0 amide bonds. The Morgan fingerprint density at radius 3 is 2.34 bits per heavy atom. The van der Waals surface area contributed by atoms with Gasteiger partial charge in [-0.1, -0.05) is 20.8 Å². The highest BCUT2D eigenvalue weighted by Gasteiger charge is 2.26. The molecule has 29 heavy (non-hydrogen) atoms. The molecule has 0 aliphatic heterocycles. The molecule has 0 unspecified atom stereocenters. The van der Waals surface area contributed by atoms with Crippen LogP contribution >= 0.6 is 0 Å². The molecule has 1 aromatic carbocycles. The standard InChI is InChI=1S/C20H26FN3O4S/c1-6-11-28-19(25)17-16(12-13(2)3)22-20(24(4)29(5,26)27)23-18(17)14-7-9-15(21)10-8-14/h7-10,13H,6,11-12H2,1-5H3. The van der Waals surface area contributed by atoms with Gasteiger partial charge in [0.05, 0.1) is 24.3 Å². The lowest BCUT2D eigenvalue weighted by atomic mass is 9.99. The first kappa shape index (κ1) is 22.7. The molecule has 0 atom stereocenters. The average Bonchev–Trinajstić information content (AvgIpc) is 2.64. The summed E-state index contributed by atoms with van der Waals surface area (Å²) in [4.78, 5) is 21.6. The summed E-state index contributed by atoms with van der Waals surface area (Å²) in [5.74, 6) is -0.946. The highest BCUT2D eigenvalue weighted by Crippen LogP contribution is 2.29. The molecule has 2 aromatic rings. The third-order valence-electron chi connectivity index (χ3n) is 4.11. The minimum Gasteiger partial charge on any atom is -0.462 e. The second-order valence-electron chi connectivity index (χ2n) is 7.17. The number of aromatic nitrogens is 2. The lowest BCUT2D eigenvalue weighted by Gasteiger charge is -2.20. The number of carbonyl (C=O) groups is 1. The van der Waals surface area contributed by atoms with Crippen LogP contribution in [0.15, 0.2) is 24.3 Å². The molecule has 0 saturated heterocycles. The fourth-order valence-electron chi connectivity index (χ4n) is 2.62. The molecule has 0 aliphatic rings. The molecule has 158 valence electrons. The lowest BCUT2D eigenvalue weighted by Crippen LogP contribution is -2.28. The zero-order valence-electron chi connectivity index (χ0n) is 17.3. The number of halogens is 1. The van der Waals surface area contributed by atoms with Crippen LogP contribution < -0.4 is 4.31 Å². The van der Waals surface area contributed by atoms with E-state index in [4.69, 9.17) is 4.74 Å². The molecule has 7 nitrogen and oxygen atoms in total. The molecule has 0 aliphatic carbocycles. The number of benzene rings is 1. The molecular formula is C20H26FN3O4S. The SMILES string of the molecule is CCCOC(=O)c1c(CC(C)C)nc(N(C)S(C)(=O)=O)nc1-c1ccc(F)cc1. The summed E-state index contributed by atoms with van der Waals surface area (Å²) in [6.45, 7) is 6.03. The van der Waals surface area contributed by atoms with Crippen molar-refractivity contribution in [2.45, 2.75) is 33.6 Å². The molecule has 9 heteroatoms. The zero-order chi connectivity index (χ0) is 21.8. The number of anilines is 1. The highest BCUT2D eigenvalue weighted by molar-refractivity contribution is 7.92. The number of carbonyl (C=O) groups excluding carboxylic acids is 1. The number of ether oxygens (including phenoxy) is 1. The second-order valence-corrected chi connectivity index (χ2v) is 9.18. The van der Waals surface area contributed by atoms with Crippen LogP contribution in [0.2, 0.25) is 0 Å². The monoisotopic (exact) mass is 423 g/mol. The van der Waals surface area contributed by atoms with Crippen molar-refractivity contribution in [1.82, 2.24) is 9.97 Å². The number of esters is 1. The lowest BCUT2D eigenvalue weighted by molar-refractivity contribution is 0.0503. The number of sulfonamides is 1. The van der Waals surface area contributed by atoms with E-state index in [1.54, 1.807) is 0 Å². The number of nitrogens with zero attached hydrogens (tertiary/aromatic N) is 3. The van der Waals surface area contributed by atoms with Crippen molar-refractivity contribution in [3.05, 3.63) is 41.3 Å². The maximum atomic E-state index is 13.4. The molecular weight excluding hydrogens is 397 g/mol. The van der Waals surface area contributed by atoms with E-state index in [0.29, 0.717) is 24.1 Å². The summed E-state index contributed by atoms with van der Waals surface area (Å²) in [6, 6.07) is 5.47. The molecule has 0 radical (unpaired) electrons. The van der Waals surface area contributed by atoms with Crippen molar-refractivity contribution < 1.29 is 22.3 Å². The summed E-state index contributed by atoms with van der Waals surface area (Å²) < 4.78 is 43.8. The first-order chi connectivity index (χ1) is 13.5. The maximum Gasteiger partial charge on any atom is 0.342 e. The third kappa shape index (κ3) is 5.72.